The Labute approximate surface area is 575 Å². The predicted molar refractivity (Wildman–Crippen MR) is 377 cm³/mol. The van der Waals surface area contributed by atoms with E-state index in [9.17, 15) is 38.7 Å². The molecule has 546 valence electrons. The monoisotopic (exact) mass is 1360 g/mol. The van der Waals surface area contributed by atoms with Crippen LogP contribution in [0.1, 0.15) is 190 Å². The Bertz CT molecular complexity index is 2590. The van der Waals surface area contributed by atoms with Gasteiger partial charge in [-0.3, -0.25) is 52.7 Å². The van der Waals surface area contributed by atoms with Crippen molar-refractivity contribution in [3.05, 3.63) is 12.2 Å². The zero-order valence-corrected chi connectivity index (χ0v) is 64.0. The lowest BCUT2D eigenvalue weighted by molar-refractivity contribution is -0.159. The molecule has 1 fully saturated rings. The average Bonchev–Trinajstić information content (AvgIpc) is 0.755. The van der Waals surface area contributed by atoms with Gasteiger partial charge in [0.1, 0.15) is 54.4 Å². The van der Waals surface area contributed by atoms with Crippen molar-refractivity contribution >= 4 is 76.7 Å². The highest BCUT2D eigenvalue weighted by Gasteiger charge is 2.55. The van der Waals surface area contributed by atoms with Gasteiger partial charge in [0.15, 0.2) is 4.87 Å². The summed E-state index contributed by atoms with van der Waals surface area (Å²) in [6.07, 6.45) is 4.67. The number of allylic oxidation sites excluding steroid dienone is 2. The van der Waals surface area contributed by atoms with Crippen molar-refractivity contribution < 1.29 is 57.8 Å². The number of hydrogen-bond acceptors (Lipinski definition) is 14. The molecule has 1 rings (SSSR count). The van der Waals surface area contributed by atoms with Crippen molar-refractivity contribution in [2.45, 2.75) is 261 Å². The Balaban J connectivity index is 4.63. The van der Waals surface area contributed by atoms with Gasteiger partial charge in [-0.2, -0.15) is 0 Å². The topological polar surface area (TPSA) is 291 Å². The maximum Gasteiger partial charge on any atom is 0.259 e. The summed E-state index contributed by atoms with van der Waals surface area (Å²) in [4.78, 5) is 171. The van der Waals surface area contributed by atoms with Gasteiger partial charge in [-0.05, 0) is 127 Å². The van der Waals surface area contributed by atoms with Crippen LogP contribution in [0, 0.1) is 47.3 Å². The molecule has 95 heavy (non-hydrogen) atoms. The minimum Gasteiger partial charge on any atom is -0.390 e. The fraction of sp³-hybridized carbons (Fsp3) is 0.814. The number of carbonyl (C=O) groups excluding carboxylic acids is 11. The second-order valence-electron chi connectivity index (χ2n) is 29.2. The van der Waals surface area contributed by atoms with Crippen LogP contribution in [0.2, 0.25) is 0 Å². The van der Waals surface area contributed by atoms with Gasteiger partial charge in [-0.1, -0.05) is 129 Å². The molecule has 1 heterocycles. The molecule has 6 N–H and O–H groups in total. The van der Waals surface area contributed by atoms with Crippen LogP contribution in [0.15, 0.2) is 12.2 Å². The van der Waals surface area contributed by atoms with Crippen LogP contribution in [0.25, 0.3) is 0 Å². The molecule has 1 aliphatic heterocycles. The summed E-state index contributed by atoms with van der Waals surface area (Å²) in [5, 5.41) is 26.7. The van der Waals surface area contributed by atoms with E-state index in [2.05, 4.69) is 40.4 Å². The Hall–Kier alpha value is -5.82. The lowest BCUT2D eigenvalue weighted by Crippen LogP contribution is -2.68. The molecule has 1 saturated heterocycles. The molecular formula is C70H128N12O12S. The smallest absolute Gasteiger partial charge is 0.259 e. The van der Waals surface area contributed by atoms with Crippen LogP contribution in [-0.2, 0) is 52.7 Å². The summed E-state index contributed by atoms with van der Waals surface area (Å²) < 4.78 is 0. The van der Waals surface area contributed by atoms with E-state index in [4.69, 9.17) is 0 Å². The zero-order chi connectivity index (χ0) is 73.6. The summed E-state index contributed by atoms with van der Waals surface area (Å²) in [7, 11) is 10.1. The molecule has 24 nitrogen and oxygen atoms in total. The third kappa shape index (κ3) is 24.6. The zero-order valence-electron chi connectivity index (χ0n) is 63.2. The Morgan fingerprint density at radius 2 is 1.02 bits per heavy atom. The van der Waals surface area contributed by atoms with E-state index in [1.165, 1.54) is 99.4 Å². The fourth-order valence-electron chi connectivity index (χ4n) is 11.9. The maximum absolute atomic E-state index is 16.4. The molecule has 25 heteroatoms. The molecule has 0 aliphatic carbocycles. The van der Waals surface area contributed by atoms with E-state index in [0.717, 1.165) is 22.6 Å². The minimum atomic E-state index is -1.88. The lowest BCUT2D eigenvalue weighted by atomic mass is 9.91. The lowest BCUT2D eigenvalue weighted by Gasteiger charge is -2.49. The van der Waals surface area contributed by atoms with Gasteiger partial charge in [0, 0.05) is 49.3 Å². The fourth-order valence-corrected chi connectivity index (χ4v) is 13.4. The molecule has 2 unspecified atom stereocenters. The van der Waals surface area contributed by atoms with Gasteiger partial charge in [-0.15, -0.1) is 11.8 Å². The number of carbonyl (C=O) groups is 11. The quantitative estimate of drug-likeness (QED) is 0.0560. The average molecular weight is 1360 g/mol. The van der Waals surface area contributed by atoms with Crippen LogP contribution in [0.3, 0.4) is 0 Å². The maximum atomic E-state index is 16.4. The van der Waals surface area contributed by atoms with E-state index in [0.29, 0.717) is 18.9 Å². The number of rotatable bonds is 22. The van der Waals surface area contributed by atoms with Gasteiger partial charge in [0.05, 0.1) is 18.0 Å². The molecule has 1 aliphatic rings. The number of aliphatic hydroxyl groups is 1. The molecule has 0 spiro atoms. The van der Waals surface area contributed by atoms with Crippen LogP contribution >= 0.6 is 11.8 Å². The summed E-state index contributed by atoms with van der Waals surface area (Å²) >= 11 is 1.17. The summed E-state index contributed by atoms with van der Waals surface area (Å²) in [6.45, 7) is 36.3. The second-order valence-corrected chi connectivity index (χ2v) is 30.8. The van der Waals surface area contributed by atoms with Crippen LogP contribution < -0.4 is 26.6 Å². The highest BCUT2D eigenvalue weighted by molar-refractivity contribution is 8.01. The molecule has 0 radical (unpaired) electrons. The van der Waals surface area contributed by atoms with E-state index < -0.39 is 160 Å². The number of nitrogens with one attached hydrogen (secondary N) is 5. The molecule has 0 aromatic rings. The Morgan fingerprint density at radius 1 is 0.558 bits per heavy atom. The predicted octanol–water partition coefficient (Wildman–Crippen LogP) is 5.70. The first kappa shape index (κ1) is 87.2. The van der Waals surface area contributed by atoms with Gasteiger partial charge in [0.25, 0.3) is 5.91 Å². The minimum absolute atomic E-state index is 0.00600. The Kier molecular flexibility index (Phi) is 36.9. The molecule has 0 saturated carbocycles. The number of nitrogens with zero attached hydrogens (tertiary/aromatic N) is 7. The first-order chi connectivity index (χ1) is 43.9. The van der Waals surface area contributed by atoms with Crippen molar-refractivity contribution in [3.63, 3.8) is 0 Å². The highest BCUT2D eigenvalue weighted by Crippen LogP contribution is 2.42. The van der Waals surface area contributed by atoms with Crippen molar-refractivity contribution in [2.75, 3.05) is 62.4 Å². The van der Waals surface area contributed by atoms with Crippen molar-refractivity contribution in [3.8, 4) is 0 Å². The van der Waals surface area contributed by atoms with E-state index in [1.54, 1.807) is 47.6 Å². The summed E-state index contributed by atoms with van der Waals surface area (Å²) in [5.41, 5.74) is 0. The standard InChI is InChI=1S/C70H128N12O12S/c1-28-31-32-47(17)59(84)58-63(88)74-51(30-3)65(90)76(21)39-56(83)77(22)52(35-40(4)5)62(87)75-57(44(12)13)68(93)78(23)53(36-41(6)7)61(86)72-48(18)60(85)73-49(19)64(89)79(24)54(37-42(8)9)66(91)80(25)55(38-43(10)11)67(92)82(27)70(45(14)15,69(94)81(58)26)95-50(20)71-34-33-46(16)29-2/h28,31,40-55,57-59,71,84H,29-30,32-39H2,1-27H3,(H,72,86)(H,73,85)(H,74,88)(H,75,87)/b31-28+/t46?,47-,48+,49-,50?,51+,52+,53+,54+,55+,57+,58+,59-,70+/m1/s1. The summed E-state index contributed by atoms with van der Waals surface area (Å²) in [6, 6.07) is -11.3. The van der Waals surface area contributed by atoms with E-state index in [1.807, 2.05) is 75.3 Å². The number of amides is 11. The SMILES string of the molecule is C/C=C/C[C@@H](C)[C@@H](O)[C@H]1C(=O)N[C@@H](CC)C(=O)N(C)CC(=O)N(C)[C@@H](CC(C)C)C(=O)N[C@@H](C(C)C)C(=O)N(C)[C@@H](CC(C)C)C(=O)N[C@@H](C)C(=O)N[C@H](C)C(=O)N(C)[C@@H](CC(C)C)C(=O)N(C)[C@@H](CC(C)C)C(=O)N(C)[C@](SC(C)NCCC(C)CC)(C(C)C)C(=O)N1C. The molecule has 14 atom stereocenters. The largest absolute Gasteiger partial charge is 0.390 e. The number of hydrogen-bond donors (Lipinski definition) is 6. The van der Waals surface area contributed by atoms with Gasteiger partial charge >= 0.3 is 0 Å². The van der Waals surface area contributed by atoms with Gasteiger partial charge in [0.2, 0.25) is 59.1 Å². The van der Waals surface area contributed by atoms with Gasteiger partial charge < -0.3 is 66.0 Å². The third-order valence-corrected chi connectivity index (χ3v) is 20.2. The molecule has 0 aromatic heterocycles. The van der Waals surface area contributed by atoms with Crippen LogP contribution in [-0.4, -0.2) is 238 Å². The number of aliphatic hydroxyl groups excluding tert-OH is 1. The molecular weight excluding hydrogens is 1230 g/mol. The Morgan fingerprint density at radius 3 is 1.49 bits per heavy atom. The first-order valence-electron chi connectivity index (χ1n) is 34.7. The first-order valence-corrected chi connectivity index (χ1v) is 35.6. The van der Waals surface area contributed by atoms with E-state index in [-0.39, 0.29) is 55.8 Å². The number of likely N-dealkylation sites (N-methyl/N-ethyl adjacent to an activating group) is 7. The number of thioether (sulfide) groups is 1. The van der Waals surface area contributed by atoms with Crippen molar-refractivity contribution in [1.29, 1.82) is 0 Å². The van der Waals surface area contributed by atoms with Crippen molar-refractivity contribution in [1.82, 2.24) is 60.9 Å². The third-order valence-electron chi connectivity index (χ3n) is 18.4. The molecule has 0 aromatic carbocycles. The normalized spacial score (nSPS) is 26.8. The highest BCUT2D eigenvalue weighted by atomic mass is 32.2. The summed E-state index contributed by atoms with van der Waals surface area (Å²) in [5.74, 6) is -9.67. The van der Waals surface area contributed by atoms with E-state index >= 15 is 19.2 Å². The molecule has 0 bridgehead atoms. The van der Waals surface area contributed by atoms with Crippen LogP contribution in [0.4, 0.5) is 0 Å². The molecule has 11 amide bonds. The van der Waals surface area contributed by atoms with Crippen molar-refractivity contribution in [2.24, 2.45) is 47.3 Å². The van der Waals surface area contributed by atoms with Crippen LogP contribution in [0.5, 0.6) is 0 Å². The second kappa shape index (κ2) is 40.2. The van der Waals surface area contributed by atoms with Gasteiger partial charge in [-0.25, -0.2) is 0 Å².